The summed E-state index contributed by atoms with van der Waals surface area (Å²) in [7, 11) is 0. The molecule has 1 aromatic heterocycles. The van der Waals surface area contributed by atoms with Crippen molar-refractivity contribution in [1.82, 2.24) is 15.0 Å². The zero-order valence-corrected chi connectivity index (χ0v) is 19.0. The summed E-state index contributed by atoms with van der Waals surface area (Å²) in [6.45, 7) is 2.49. The van der Waals surface area contributed by atoms with Crippen LogP contribution in [0.5, 0.6) is 0 Å². The van der Waals surface area contributed by atoms with Crippen molar-refractivity contribution in [3.05, 3.63) is 67.8 Å². The Hall–Kier alpha value is -3.39. The van der Waals surface area contributed by atoms with Gasteiger partial charge in [-0.1, -0.05) is 12.1 Å². The first-order chi connectivity index (χ1) is 15.6. The van der Waals surface area contributed by atoms with Crippen LogP contribution in [-0.2, 0) is 4.74 Å². The summed E-state index contributed by atoms with van der Waals surface area (Å²) in [6, 6.07) is 13.9. The number of halogens is 1. The lowest BCUT2D eigenvalue weighted by Crippen LogP contribution is -2.37. The molecule has 0 amide bonds. The molecule has 12 heteroatoms. The van der Waals surface area contributed by atoms with E-state index >= 15 is 0 Å². The van der Waals surface area contributed by atoms with Gasteiger partial charge in [-0.15, -0.1) is 0 Å². The summed E-state index contributed by atoms with van der Waals surface area (Å²) in [5, 5.41) is 18.2. The number of ether oxygens (including phenoxy) is 1. The average molecular weight is 546 g/mol. The quantitative estimate of drug-likeness (QED) is 0.198. The van der Waals surface area contributed by atoms with Gasteiger partial charge < -0.3 is 15.0 Å². The van der Waals surface area contributed by atoms with Crippen LogP contribution in [0, 0.1) is 13.7 Å². The Balaban J connectivity index is 1.56. The Bertz CT molecular complexity index is 1120. The third-order valence-corrected chi connectivity index (χ3v) is 5.15. The van der Waals surface area contributed by atoms with E-state index in [0.29, 0.717) is 43.9 Å². The first-order valence-electron chi connectivity index (χ1n) is 9.72. The van der Waals surface area contributed by atoms with Gasteiger partial charge >= 0.3 is 0 Å². The Kier molecular flexibility index (Phi) is 7.01. The van der Waals surface area contributed by atoms with Gasteiger partial charge in [-0.3, -0.25) is 10.1 Å². The summed E-state index contributed by atoms with van der Waals surface area (Å²) in [5.74, 6) is 1.05. The molecule has 0 atom stereocenters. The van der Waals surface area contributed by atoms with Gasteiger partial charge in [-0.25, -0.2) is 5.43 Å². The highest BCUT2D eigenvalue weighted by molar-refractivity contribution is 14.1. The smallest absolute Gasteiger partial charge is 0.269 e. The van der Waals surface area contributed by atoms with Crippen LogP contribution in [0.2, 0.25) is 0 Å². The molecular weight excluding hydrogens is 527 g/mol. The van der Waals surface area contributed by atoms with Crippen LogP contribution in [0.15, 0.2) is 53.6 Å². The molecule has 2 heterocycles. The number of anilines is 4. The third-order valence-electron chi connectivity index (χ3n) is 4.48. The molecule has 1 saturated heterocycles. The van der Waals surface area contributed by atoms with Crippen LogP contribution >= 0.6 is 22.6 Å². The molecule has 2 aromatic carbocycles. The molecule has 1 fully saturated rings. The minimum Gasteiger partial charge on any atom is -0.378 e. The van der Waals surface area contributed by atoms with Gasteiger partial charge in [-0.05, 0) is 52.4 Å². The molecule has 2 N–H and O–H groups in total. The van der Waals surface area contributed by atoms with E-state index in [0.717, 1.165) is 9.13 Å². The highest BCUT2D eigenvalue weighted by Gasteiger charge is 2.17. The number of aromatic nitrogens is 3. The predicted molar refractivity (Wildman–Crippen MR) is 130 cm³/mol. The lowest BCUT2D eigenvalue weighted by molar-refractivity contribution is -0.384. The highest BCUT2D eigenvalue weighted by atomic mass is 127. The monoisotopic (exact) mass is 546 g/mol. The topological polar surface area (TPSA) is 131 Å². The summed E-state index contributed by atoms with van der Waals surface area (Å²) < 4.78 is 6.52. The minimum atomic E-state index is -0.447. The SMILES string of the molecule is O=[N+]([O-])c1ccc(Nc2nc(N/N=C/c3cccc(I)c3)nc(N3CCOCC3)n2)cc1. The van der Waals surface area contributed by atoms with Crippen molar-refractivity contribution in [1.29, 1.82) is 0 Å². The van der Waals surface area contributed by atoms with Crippen LogP contribution in [0.1, 0.15) is 5.56 Å². The molecule has 1 aliphatic rings. The standard InChI is InChI=1S/C20H19IN8O3/c21-15-3-1-2-14(12-15)13-22-27-19-24-18(23-16-4-6-17(7-5-16)29(30)31)25-20(26-19)28-8-10-32-11-9-28/h1-7,12-13H,8-11H2,(H2,23,24,25,26,27)/b22-13+. The second-order valence-corrected chi connectivity index (χ2v) is 7.98. The van der Waals surface area contributed by atoms with E-state index in [9.17, 15) is 10.1 Å². The van der Waals surface area contributed by atoms with Crippen molar-refractivity contribution < 1.29 is 9.66 Å². The van der Waals surface area contributed by atoms with Crippen LogP contribution in [0.4, 0.5) is 29.2 Å². The number of nitrogens with one attached hydrogen (secondary N) is 2. The van der Waals surface area contributed by atoms with E-state index in [1.54, 1.807) is 18.3 Å². The molecule has 11 nitrogen and oxygen atoms in total. The first-order valence-corrected chi connectivity index (χ1v) is 10.8. The van der Waals surface area contributed by atoms with E-state index in [4.69, 9.17) is 4.74 Å². The maximum Gasteiger partial charge on any atom is 0.269 e. The number of hydrazone groups is 1. The molecular formula is C20H19IN8O3. The number of nitrogens with zero attached hydrogens (tertiary/aromatic N) is 6. The third kappa shape index (κ3) is 5.85. The number of non-ortho nitro benzene ring substituents is 1. The van der Waals surface area contributed by atoms with E-state index in [2.05, 4.69) is 53.4 Å². The largest absolute Gasteiger partial charge is 0.378 e. The normalized spacial score (nSPS) is 13.8. The highest BCUT2D eigenvalue weighted by Crippen LogP contribution is 2.21. The molecule has 0 bridgehead atoms. The Labute approximate surface area is 197 Å². The van der Waals surface area contributed by atoms with Crippen LogP contribution in [0.3, 0.4) is 0 Å². The lowest BCUT2D eigenvalue weighted by Gasteiger charge is -2.27. The van der Waals surface area contributed by atoms with Crippen LogP contribution < -0.4 is 15.6 Å². The molecule has 3 aromatic rings. The molecule has 4 rings (SSSR count). The maximum atomic E-state index is 10.9. The molecule has 0 unspecified atom stereocenters. The van der Waals surface area contributed by atoms with Crippen molar-refractivity contribution >= 4 is 58.0 Å². The van der Waals surface area contributed by atoms with Crippen LogP contribution in [-0.4, -0.2) is 52.4 Å². The lowest BCUT2D eigenvalue weighted by atomic mass is 10.2. The zero-order valence-electron chi connectivity index (χ0n) is 16.8. The number of hydrogen-bond donors (Lipinski definition) is 2. The van der Waals surface area contributed by atoms with Crippen molar-refractivity contribution in [2.24, 2.45) is 5.10 Å². The van der Waals surface area contributed by atoms with Crippen molar-refractivity contribution in [3.8, 4) is 0 Å². The van der Waals surface area contributed by atoms with Gasteiger partial charge in [0.1, 0.15) is 0 Å². The number of benzene rings is 2. The predicted octanol–water partition coefficient (Wildman–Crippen LogP) is 3.41. The van der Waals surface area contributed by atoms with Gasteiger partial charge in [-0.2, -0.15) is 20.1 Å². The first kappa shape index (κ1) is 21.8. The Morgan fingerprint density at radius 2 is 1.84 bits per heavy atom. The second-order valence-electron chi connectivity index (χ2n) is 6.74. The van der Waals surface area contributed by atoms with Gasteiger partial charge in [0.05, 0.1) is 24.4 Å². The Morgan fingerprint density at radius 1 is 1.09 bits per heavy atom. The Morgan fingerprint density at radius 3 is 2.56 bits per heavy atom. The summed E-state index contributed by atoms with van der Waals surface area (Å²) in [4.78, 5) is 25.8. The van der Waals surface area contributed by atoms with Gasteiger partial charge in [0, 0.05) is 34.5 Å². The fourth-order valence-corrected chi connectivity index (χ4v) is 3.49. The minimum absolute atomic E-state index is 0.00691. The molecule has 0 aliphatic carbocycles. The van der Waals surface area contributed by atoms with Crippen LogP contribution in [0.25, 0.3) is 0 Å². The molecule has 0 spiro atoms. The molecule has 32 heavy (non-hydrogen) atoms. The average Bonchev–Trinajstić information content (AvgIpc) is 2.80. The maximum absolute atomic E-state index is 10.9. The van der Waals surface area contributed by atoms with Gasteiger partial charge in [0.2, 0.25) is 17.8 Å². The molecule has 0 radical (unpaired) electrons. The fourth-order valence-electron chi connectivity index (χ4n) is 2.92. The van der Waals surface area contributed by atoms with Crippen molar-refractivity contribution in [2.75, 3.05) is 41.9 Å². The fraction of sp³-hybridized carbons (Fsp3) is 0.200. The zero-order chi connectivity index (χ0) is 22.3. The van der Waals surface area contributed by atoms with E-state index < -0.39 is 4.92 Å². The second kappa shape index (κ2) is 10.3. The van der Waals surface area contributed by atoms with Crippen molar-refractivity contribution in [3.63, 3.8) is 0 Å². The number of morpholine rings is 1. The van der Waals surface area contributed by atoms with Gasteiger partial charge in [0.15, 0.2) is 0 Å². The van der Waals surface area contributed by atoms with E-state index in [1.165, 1.54) is 12.1 Å². The molecule has 164 valence electrons. The van der Waals surface area contributed by atoms with Crippen molar-refractivity contribution in [2.45, 2.75) is 0 Å². The summed E-state index contributed by atoms with van der Waals surface area (Å²) in [6.07, 6.45) is 1.68. The number of rotatable bonds is 7. The number of nitro benzene ring substituents is 1. The van der Waals surface area contributed by atoms with Gasteiger partial charge in [0.25, 0.3) is 5.69 Å². The number of nitro groups is 1. The van der Waals surface area contributed by atoms with E-state index in [1.807, 2.05) is 29.2 Å². The number of hydrogen-bond acceptors (Lipinski definition) is 10. The molecule has 1 aliphatic heterocycles. The molecule has 0 saturated carbocycles. The van der Waals surface area contributed by atoms with E-state index in [-0.39, 0.29) is 11.6 Å². The summed E-state index contributed by atoms with van der Waals surface area (Å²) >= 11 is 2.24. The summed E-state index contributed by atoms with van der Waals surface area (Å²) in [5.41, 5.74) is 4.42.